The van der Waals surface area contributed by atoms with E-state index >= 15 is 0 Å². The van der Waals surface area contributed by atoms with Gasteiger partial charge in [0, 0.05) is 22.0 Å². The van der Waals surface area contributed by atoms with Crippen LogP contribution in [0.2, 0.25) is 0 Å². The van der Waals surface area contributed by atoms with Crippen LogP contribution in [0.15, 0.2) is 69.9 Å². The topological polar surface area (TPSA) is 87.7 Å². The Morgan fingerprint density at radius 1 is 0.613 bits per heavy atom. The summed E-state index contributed by atoms with van der Waals surface area (Å²) in [5.74, 6) is 1.10. The maximum atomic E-state index is 6.13. The van der Waals surface area contributed by atoms with Crippen molar-refractivity contribution >= 4 is 43.8 Å². The molecular weight excluding hydrogens is 520 g/mol. The number of benzene rings is 2. The van der Waals surface area contributed by atoms with Crippen molar-refractivity contribution in [2.24, 2.45) is 0 Å². The predicted octanol–water partition coefficient (Wildman–Crippen LogP) is 5.97. The third kappa shape index (κ3) is 5.02. The minimum atomic E-state index is 0.550. The van der Waals surface area contributed by atoms with Crippen LogP contribution in [0.4, 0.5) is 11.9 Å². The molecule has 0 fully saturated rings. The predicted molar refractivity (Wildman–Crippen MR) is 133 cm³/mol. The molecule has 0 amide bonds. The standard InChI is InChI=1S/C23H24Br2N6/c24-18-8-4-16(5-9-18)20-14-28-22(26)30(20)12-2-1-3-13-31-21(15-29-23(31)27)17-6-10-19(25)11-7-17/h4-11,14-15H,1-3,12-13H2,(H2,26,28)(H2,27,29). The SMILES string of the molecule is Nc1ncc(-c2ccc(Br)cc2)n1CCCCCn1c(-c2ccc(Br)cc2)cnc1N. The van der Waals surface area contributed by atoms with Crippen molar-refractivity contribution in [1.29, 1.82) is 0 Å². The van der Waals surface area contributed by atoms with Crippen molar-refractivity contribution in [1.82, 2.24) is 19.1 Å². The molecule has 8 heteroatoms. The second-order valence-corrected chi connectivity index (χ2v) is 9.21. The van der Waals surface area contributed by atoms with E-state index in [9.17, 15) is 0 Å². The average molecular weight is 544 g/mol. The smallest absolute Gasteiger partial charge is 0.200 e. The Bertz CT molecular complexity index is 1050. The first kappa shape index (κ1) is 21.6. The normalized spacial score (nSPS) is 11.2. The molecule has 2 aromatic heterocycles. The molecule has 2 heterocycles. The Labute approximate surface area is 198 Å². The fourth-order valence-electron chi connectivity index (χ4n) is 3.67. The molecule has 0 saturated heterocycles. The van der Waals surface area contributed by atoms with Crippen molar-refractivity contribution in [3.63, 3.8) is 0 Å². The number of aromatic nitrogens is 4. The van der Waals surface area contributed by atoms with Crippen LogP contribution in [0.3, 0.4) is 0 Å². The van der Waals surface area contributed by atoms with Gasteiger partial charge in [-0.2, -0.15) is 0 Å². The fourth-order valence-corrected chi connectivity index (χ4v) is 4.20. The van der Waals surface area contributed by atoms with Gasteiger partial charge in [0.2, 0.25) is 11.9 Å². The summed E-state index contributed by atoms with van der Waals surface area (Å²) in [5, 5.41) is 0. The zero-order valence-electron chi connectivity index (χ0n) is 17.0. The second kappa shape index (κ2) is 9.70. The van der Waals surface area contributed by atoms with Crippen molar-refractivity contribution in [3.05, 3.63) is 69.9 Å². The van der Waals surface area contributed by atoms with E-state index in [2.05, 4.69) is 75.2 Å². The van der Waals surface area contributed by atoms with Crippen molar-refractivity contribution in [2.45, 2.75) is 32.4 Å². The molecule has 0 bridgehead atoms. The van der Waals surface area contributed by atoms with E-state index < -0.39 is 0 Å². The summed E-state index contributed by atoms with van der Waals surface area (Å²) < 4.78 is 6.28. The van der Waals surface area contributed by atoms with Crippen molar-refractivity contribution < 1.29 is 0 Å². The Balaban J connectivity index is 1.36. The number of hydrogen-bond acceptors (Lipinski definition) is 4. The van der Waals surface area contributed by atoms with Gasteiger partial charge < -0.3 is 20.6 Å². The second-order valence-electron chi connectivity index (χ2n) is 7.38. The summed E-state index contributed by atoms with van der Waals surface area (Å²) in [6.45, 7) is 1.66. The van der Waals surface area contributed by atoms with E-state index in [0.29, 0.717) is 11.9 Å². The molecule has 4 N–H and O–H groups in total. The van der Waals surface area contributed by atoms with Crippen LogP contribution in [-0.2, 0) is 13.1 Å². The van der Waals surface area contributed by atoms with Crippen LogP contribution in [-0.4, -0.2) is 19.1 Å². The van der Waals surface area contributed by atoms with Crippen LogP contribution in [0.1, 0.15) is 19.3 Å². The number of nitrogen functional groups attached to an aromatic ring is 2. The van der Waals surface area contributed by atoms with Crippen LogP contribution in [0.5, 0.6) is 0 Å². The molecule has 160 valence electrons. The first-order valence-electron chi connectivity index (χ1n) is 10.2. The lowest BCUT2D eigenvalue weighted by Crippen LogP contribution is -2.07. The number of rotatable bonds is 8. The summed E-state index contributed by atoms with van der Waals surface area (Å²) in [7, 11) is 0. The monoisotopic (exact) mass is 542 g/mol. The highest BCUT2D eigenvalue weighted by molar-refractivity contribution is 9.10. The molecule has 0 spiro atoms. The molecular formula is C23H24Br2N6. The summed E-state index contributed by atoms with van der Waals surface area (Å²) in [6.07, 6.45) is 6.75. The Morgan fingerprint density at radius 2 is 1.00 bits per heavy atom. The summed E-state index contributed by atoms with van der Waals surface area (Å²) in [6, 6.07) is 16.4. The molecule has 4 rings (SSSR count). The Kier molecular flexibility index (Phi) is 6.77. The average Bonchev–Trinajstić information content (AvgIpc) is 3.32. The molecule has 0 aliphatic heterocycles. The minimum Gasteiger partial charge on any atom is -0.369 e. The lowest BCUT2D eigenvalue weighted by molar-refractivity contribution is 0.554. The number of nitrogens with zero attached hydrogens (tertiary/aromatic N) is 4. The first-order valence-corrected chi connectivity index (χ1v) is 11.8. The lowest BCUT2D eigenvalue weighted by Gasteiger charge is -2.12. The molecule has 6 nitrogen and oxygen atoms in total. The van der Waals surface area contributed by atoms with Gasteiger partial charge in [0.15, 0.2) is 0 Å². The van der Waals surface area contributed by atoms with Gasteiger partial charge in [0.05, 0.1) is 23.8 Å². The summed E-state index contributed by atoms with van der Waals surface area (Å²) in [5.41, 5.74) is 16.6. The fraction of sp³-hybridized carbons (Fsp3) is 0.217. The maximum Gasteiger partial charge on any atom is 0.200 e. The van der Waals surface area contributed by atoms with E-state index in [1.807, 2.05) is 36.7 Å². The Hall–Kier alpha value is -2.58. The van der Waals surface area contributed by atoms with Crippen LogP contribution in [0.25, 0.3) is 22.5 Å². The molecule has 4 aromatic rings. The highest BCUT2D eigenvalue weighted by Gasteiger charge is 2.11. The molecule has 0 radical (unpaired) electrons. The van der Waals surface area contributed by atoms with Crippen molar-refractivity contribution in [3.8, 4) is 22.5 Å². The van der Waals surface area contributed by atoms with E-state index in [-0.39, 0.29) is 0 Å². The maximum absolute atomic E-state index is 6.13. The minimum absolute atomic E-state index is 0.550. The highest BCUT2D eigenvalue weighted by atomic mass is 79.9. The molecule has 0 atom stereocenters. The summed E-state index contributed by atoms with van der Waals surface area (Å²) >= 11 is 6.96. The molecule has 0 unspecified atom stereocenters. The number of imidazole rings is 2. The zero-order chi connectivity index (χ0) is 21.8. The van der Waals surface area contributed by atoms with Crippen molar-refractivity contribution in [2.75, 3.05) is 11.5 Å². The van der Waals surface area contributed by atoms with Gasteiger partial charge in [0.1, 0.15) is 0 Å². The van der Waals surface area contributed by atoms with Crippen LogP contribution >= 0.6 is 31.9 Å². The van der Waals surface area contributed by atoms with Gasteiger partial charge >= 0.3 is 0 Å². The van der Waals surface area contributed by atoms with Gasteiger partial charge in [-0.3, -0.25) is 0 Å². The highest BCUT2D eigenvalue weighted by Crippen LogP contribution is 2.26. The molecule has 2 aromatic carbocycles. The van der Waals surface area contributed by atoms with E-state index in [4.69, 9.17) is 11.5 Å². The summed E-state index contributed by atoms with van der Waals surface area (Å²) in [4.78, 5) is 8.63. The van der Waals surface area contributed by atoms with Gasteiger partial charge in [-0.1, -0.05) is 56.1 Å². The molecule has 0 aliphatic rings. The molecule has 31 heavy (non-hydrogen) atoms. The van der Waals surface area contributed by atoms with Gasteiger partial charge in [-0.05, 0) is 54.7 Å². The zero-order valence-corrected chi connectivity index (χ0v) is 20.2. The third-order valence-corrected chi connectivity index (χ3v) is 6.37. The largest absolute Gasteiger partial charge is 0.369 e. The number of anilines is 2. The van der Waals surface area contributed by atoms with Gasteiger partial charge in [0.25, 0.3) is 0 Å². The van der Waals surface area contributed by atoms with Gasteiger partial charge in [-0.25, -0.2) is 9.97 Å². The molecule has 0 aliphatic carbocycles. The van der Waals surface area contributed by atoms with Crippen LogP contribution < -0.4 is 11.5 Å². The van der Waals surface area contributed by atoms with E-state index in [1.165, 1.54) is 0 Å². The quantitative estimate of drug-likeness (QED) is 0.268. The van der Waals surface area contributed by atoms with E-state index in [0.717, 1.165) is 63.8 Å². The number of halogens is 2. The first-order chi connectivity index (χ1) is 15.0. The number of nitrogens with two attached hydrogens (primary N) is 2. The van der Waals surface area contributed by atoms with E-state index in [1.54, 1.807) is 0 Å². The number of hydrogen-bond donors (Lipinski definition) is 2. The Morgan fingerprint density at radius 3 is 1.39 bits per heavy atom. The van der Waals surface area contributed by atoms with Crippen LogP contribution in [0, 0.1) is 0 Å². The van der Waals surface area contributed by atoms with Gasteiger partial charge in [-0.15, -0.1) is 0 Å². The lowest BCUT2D eigenvalue weighted by atomic mass is 10.1. The number of unbranched alkanes of at least 4 members (excludes halogenated alkanes) is 2. The molecule has 0 saturated carbocycles. The third-order valence-electron chi connectivity index (χ3n) is 5.32.